The molecule has 1 atom stereocenters. The normalized spacial score (nSPS) is 12.2. The standard InChI is InChI=1S/C12H19N3O2/c1-3-10(8-17-2)15-12(16)9-4-5-14-11(6-9)7-13/h4-6,10H,3,7-8,13H2,1-2H3,(H,15,16). The number of pyridine rings is 1. The fraction of sp³-hybridized carbons (Fsp3) is 0.500. The Hall–Kier alpha value is -1.46. The molecule has 1 aromatic heterocycles. The molecule has 0 saturated carbocycles. The van der Waals surface area contributed by atoms with Crippen LogP contribution in [0.25, 0.3) is 0 Å². The van der Waals surface area contributed by atoms with Crippen LogP contribution in [0.15, 0.2) is 18.3 Å². The SMILES string of the molecule is CCC(COC)NC(=O)c1ccnc(CN)c1. The predicted molar refractivity (Wildman–Crippen MR) is 65.5 cm³/mol. The van der Waals surface area contributed by atoms with E-state index < -0.39 is 0 Å². The maximum atomic E-state index is 11.9. The van der Waals surface area contributed by atoms with Crippen LogP contribution in [0.4, 0.5) is 0 Å². The summed E-state index contributed by atoms with van der Waals surface area (Å²) in [7, 11) is 1.62. The molecule has 5 heteroatoms. The number of ether oxygens (including phenoxy) is 1. The minimum atomic E-state index is -0.119. The molecule has 1 rings (SSSR count). The van der Waals surface area contributed by atoms with Gasteiger partial charge in [-0.3, -0.25) is 9.78 Å². The van der Waals surface area contributed by atoms with Crippen molar-refractivity contribution in [1.82, 2.24) is 10.3 Å². The molecule has 3 N–H and O–H groups in total. The van der Waals surface area contributed by atoms with Crippen LogP contribution in [0, 0.1) is 0 Å². The number of methoxy groups -OCH3 is 1. The van der Waals surface area contributed by atoms with Crippen molar-refractivity contribution in [2.24, 2.45) is 5.73 Å². The molecule has 0 fully saturated rings. The maximum absolute atomic E-state index is 11.9. The largest absolute Gasteiger partial charge is 0.383 e. The molecule has 1 heterocycles. The first-order valence-electron chi connectivity index (χ1n) is 5.66. The van der Waals surface area contributed by atoms with E-state index in [0.717, 1.165) is 6.42 Å². The van der Waals surface area contributed by atoms with Crippen LogP contribution in [0.1, 0.15) is 29.4 Å². The molecule has 0 aliphatic carbocycles. The van der Waals surface area contributed by atoms with Crippen molar-refractivity contribution < 1.29 is 9.53 Å². The number of carbonyl (C=O) groups excluding carboxylic acids is 1. The molecule has 0 aromatic carbocycles. The van der Waals surface area contributed by atoms with E-state index in [1.807, 2.05) is 6.92 Å². The lowest BCUT2D eigenvalue weighted by molar-refractivity contribution is 0.0894. The summed E-state index contributed by atoms with van der Waals surface area (Å²) in [6.07, 6.45) is 2.42. The van der Waals surface area contributed by atoms with Crippen molar-refractivity contribution in [1.29, 1.82) is 0 Å². The third-order valence-electron chi connectivity index (χ3n) is 2.48. The van der Waals surface area contributed by atoms with E-state index in [2.05, 4.69) is 10.3 Å². The van der Waals surface area contributed by atoms with E-state index in [9.17, 15) is 4.79 Å². The van der Waals surface area contributed by atoms with Crippen LogP contribution in [0.3, 0.4) is 0 Å². The summed E-state index contributed by atoms with van der Waals surface area (Å²) >= 11 is 0. The van der Waals surface area contributed by atoms with Gasteiger partial charge in [0.1, 0.15) is 0 Å². The van der Waals surface area contributed by atoms with E-state index in [1.165, 1.54) is 0 Å². The Morgan fingerprint density at radius 1 is 1.65 bits per heavy atom. The zero-order chi connectivity index (χ0) is 12.7. The molecule has 0 spiro atoms. The first kappa shape index (κ1) is 13.6. The van der Waals surface area contributed by atoms with Gasteiger partial charge in [-0.05, 0) is 18.6 Å². The number of hydrogen-bond acceptors (Lipinski definition) is 4. The second-order valence-electron chi connectivity index (χ2n) is 3.77. The number of amides is 1. The van der Waals surface area contributed by atoms with Gasteiger partial charge in [-0.25, -0.2) is 0 Å². The molecule has 1 unspecified atom stereocenters. The van der Waals surface area contributed by atoms with Gasteiger partial charge in [0.2, 0.25) is 0 Å². The van der Waals surface area contributed by atoms with Gasteiger partial charge >= 0.3 is 0 Å². The maximum Gasteiger partial charge on any atom is 0.251 e. The fourth-order valence-corrected chi connectivity index (χ4v) is 1.46. The summed E-state index contributed by atoms with van der Waals surface area (Å²) in [6, 6.07) is 3.41. The highest BCUT2D eigenvalue weighted by Gasteiger charge is 2.12. The quantitative estimate of drug-likeness (QED) is 0.763. The van der Waals surface area contributed by atoms with Gasteiger partial charge in [0.05, 0.1) is 18.3 Å². The molecular formula is C12H19N3O2. The van der Waals surface area contributed by atoms with E-state index in [4.69, 9.17) is 10.5 Å². The Morgan fingerprint density at radius 2 is 2.41 bits per heavy atom. The van der Waals surface area contributed by atoms with Gasteiger partial charge in [-0.15, -0.1) is 0 Å². The number of nitrogens with zero attached hydrogens (tertiary/aromatic N) is 1. The smallest absolute Gasteiger partial charge is 0.251 e. The molecule has 17 heavy (non-hydrogen) atoms. The Morgan fingerprint density at radius 3 is 3.00 bits per heavy atom. The van der Waals surface area contributed by atoms with Gasteiger partial charge in [0.15, 0.2) is 0 Å². The Labute approximate surface area is 101 Å². The number of carbonyl (C=O) groups is 1. The molecule has 0 radical (unpaired) electrons. The third kappa shape index (κ3) is 4.13. The minimum absolute atomic E-state index is 0.0296. The van der Waals surface area contributed by atoms with E-state index in [-0.39, 0.29) is 11.9 Å². The summed E-state index contributed by atoms with van der Waals surface area (Å²) < 4.78 is 5.03. The summed E-state index contributed by atoms with van der Waals surface area (Å²) in [5.41, 5.74) is 6.76. The monoisotopic (exact) mass is 237 g/mol. The van der Waals surface area contributed by atoms with Crippen LogP contribution in [0.2, 0.25) is 0 Å². The van der Waals surface area contributed by atoms with Gasteiger partial charge in [-0.1, -0.05) is 6.92 Å². The molecule has 1 amide bonds. The number of aromatic nitrogens is 1. The van der Waals surface area contributed by atoms with Crippen molar-refractivity contribution in [2.75, 3.05) is 13.7 Å². The van der Waals surface area contributed by atoms with Crippen LogP contribution >= 0.6 is 0 Å². The van der Waals surface area contributed by atoms with Crippen molar-refractivity contribution in [2.45, 2.75) is 25.9 Å². The van der Waals surface area contributed by atoms with E-state index >= 15 is 0 Å². The fourth-order valence-electron chi connectivity index (χ4n) is 1.46. The minimum Gasteiger partial charge on any atom is -0.383 e. The Kier molecular flexibility index (Phi) is 5.59. The summed E-state index contributed by atoms with van der Waals surface area (Å²) in [5, 5.41) is 2.90. The van der Waals surface area contributed by atoms with Gasteiger partial charge in [-0.2, -0.15) is 0 Å². The van der Waals surface area contributed by atoms with Crippen LogP contribution < -0.4 is 11.1 Å². The van der Waals surface area contributed by atoms with E-state index in [0.29, 0.717) is 24.4 Å². The van der Waals surface area contributed by atoms with E-state index in [1.54, 1.807) is 25.4 Å². The predicted octanol–water partition coefficient (Wildman–Crippen LogP) is 0.695. The highest BCUT2D eigenvalue weighted by Crippen LogP contribution is 2.03. The summed E-state index contributed by atoms with van der Waals surface area (Å²) in [5.74, 6) is -0.119. The lowest BCUT2D eigenvalue weighted by Gasteiger charge is -2.15. The lowest BCUT2D eigenvalue weighted by Crippen LogP contribution is -2.37. The Bertz CT molecular complexity index is 369. The molecule has 5 nitrogen and oxygen atoms in total. The average molecular weight is 237 g/mol. The molecule has 0 aliphatic rings. The number of nitrogens with two attached hydrogens (primary N) is 1. The second-order valence-corrected chi connectivity index (χ2v) is 3.77. The molecular weight excluding hydrogens is 218 g/mol. The zero-order valence-electron chi connectivity index (χ0n) is 10.3. The molecule has 0 saturated heterocycles. The third-order valence-corrected chi connectivity index (χ3v) is 2.48. The lowest BCUT2D eigenvalue weighted by atomic mass is 10.2. The molecule has 0 bridgehead atoms. The molecule has 0 aliphatic heterocycles. The van der Waals surface area contributed by atoms with Crippen molar-refractivity contribution >= 4 is 5.91 Å². The van der Waals surface area contributed by atoms with Gasteiger partial charge < -0.3 is 15.8 Å². The van der Waals surface area contributed by atoms with Crippen LogP contribution in [-0.4, -0.2) is 30.6 Å². The van der Waals surface area contributed by atoms with Crippen LogP contribution in [0.5, 0.6) is 0 Å². The molecule has 94 valence electrons. The number of hydrogen-bond donors (Lipinski definition) is 2. The average Bonchev–Trinajstić information content (AvgIpc) is 2.38. The molecule has 1 aromatic rings. The van der Waals surface area contributed by atoms with Crippen molar-refractivity contribution in [3.05, 3.63) is 29.6 Å². The van der Waals surface area contributed by atoms with Crippen molar-refractivity contribution in [3.8, 4) is 0 Å². The summed E-state index contributed by atoms with van der Waals surface area (Å²) in [4.78, 5) is 16.0. The van der Waals surface area contributed by atoms with Gasteiger partial charge in [0, 0.05) is 25.4 Å². The first-order valence-corrected chi connectivity index (χ1v) is 5.66. The van der Waals surface area contributed by atoms with Crippen LogP contribution in [-0.2, 0) is 11.3 Å². The summed E-state index contributed by atoms with van der Waals surface area (Å²) in [6.45, 7) is 2.84. The topological polar surface area (TPSA) is 77.2 Å². The first-order chi connectivity index (χ1) is 8.21. The Balaban J connectivity index is 2.68. The number of nitrogens with one attached hydrogen (secondary N) is 1. The van der Waals surface area contributed by atoms with Crippen molar-refractivity contribution in [3.63, 3.8) is 0 Å². The van der Waals surface area contributed by atoms with Gasteiger partial charge in [0.25, 0.3) is 5.91 Å². The highest BCUT2D eigenvalue weighted by molar-refractivity contribution is 5.94. The second kappa shape index (κ2) is 6.98. The number of rotatable bonds is 6. The highest BCUT2D eigenvalue weighted by atomic mass is 16.5. The zero-order valence-corrected chi connectivity index (χ0v) is 10.3.